The van der Waals surface area contributed by atoms with Crippen molar-refractivity contribution in [1.29, 1.82) is 0 Å². The summed E-state index contributed by atoms with van der Waals surface area (Å²) in [6.45, 7) is 5.83. The fraction of sp³-hybridized carbons (Fsp3) is 0.233. The monoisotopic (exact) mass is 514 g/mol. The maximum absolute atomic E-state index is 13.5. The topological polar surface area (TPSA) is 105 Å². The largest absolute Gasteiger partial charge is 0.507 e. The van der Waals surface area contributed by atoms with E-state index in [9.17, 15) is 19.5 Å². The van der Waals surface area contributed by atoms with E-state index < -0.39 is 17.7 Å². The van der Waals surface area contributed by atoms with Gasteiger partial charge in [0.25, 0.3) is 11.7 Å². The lowest BCUT2D eigenvalue weighted by molar-refractivity contribution is -0.132. The van der Waals surface area contributed by atoms with Crippen molar-refractivity contribution in [3.05, 3.63) is 89.0 Å². The summed E-state index contributed by atoms with van der Waals surface area (Å²) in [7, 11) is 1.51. The van der Waals surface area contributed by atoms with Crippen LogP contribution in [-0.2, 0) is 14.4 Å². The minimum atomic E-state index is -0.950. The fourth-order valence-electron chi connectivity index (χ4n) is 4.52. The van der Waals surface area contributed by atoms with Crippen molar-refractivity contribution in [1.82, 2.24) is 0 Å². The number of benzene rings is 3. The van der Waals surface area contributed by atoms with E-state index in [4.69, 9.17) is 9.47 Å². The van der Waals surface area contributed by atoms with Crippen LogP contribution in [0.4, 0.5) is 11.4 Å². The average molecular weight is 515 g/mol. The molecule has 1 heterocycles. The molecule has 0 aromatic heterocycles. The molecule has 1 fully saturated rings. The number of ether oxygens (including phenoxy) is 2. The van der Waals surface area contributed by atoms with Crippen LogP contribution in [0.15, 0.2) is 72.3 Å². The van der Waals surface area contributed by atoms with E-state index in [0.717, 1.165) is 12.0 Å². The summed E-state index contributed by atoms with van der Waals surface area (Å²) in [5.74, 6) is -0.966. The second-order valence-electron chi connectivity index (χ2n) is 8.97. The number of nitrogens with one attached hydrogen (secondary N) is 1. The van der Waals surface area contributed by atoms with E-state index in [1.807, 2.05) is 13.8 Å². The molecule has 0 spiro atoms. The van der Waals surface area contributed by atoms with E-state index in [1.165, 1.54) is 18.9 Å². The molecule has 8 heteroatoms. The third kappa shape index (κ3) is 5.11. The number of carbonyl (C=O) groups is 3. The Balaban J connectivity index is 1.87. The maximum atomic E-state index is 13.5. The number of rotatable bonds is 8. The van der Waals surface area contributed by atoms with Crippen molar-refractivity contribution in [2.24, 2.45) is 0 Å². The van der Waals surface area contributed by atoms with Gasteiger partial charge in [0.05, 0.1) is 25.3 Å². The minimum absolute atomic E-state index is 0.0490. The van der Waals surface area contributed by atoms with E-state index >= 15 is 0 Å². The van der Waals surface area contributed by atoms with Gasteiger partial charge in [0.15, 0.2) is 0 Å². The first-order valence-corrected chi connectivity index (χ1v) is 12.3. The zero-order valence-electron chi connectivity index (χ0n) is 21.8. The molecule has 1 saturated heterocycles. The summed E-state index contributed by atoms with van der Waals surface area (Å²) < 4.78 is 11.3. The van der Waals surface area contributed by atoms with Crippen molar-refractivity contribution in [2.45, 2.75) is 33.2 Å². The Morgan fingerprint density at radius 2 is 1.74 bits per heavy atom. The van der Waals surface area contributed by atoms with Gasteiger partial charge in [0.1, 0.15) is 17.3 Å². The van der Waals surface area contributed by atoms with Crippen molar-refractivity contribution < 1.29 is 29.0 Å². The Labute approximate surface area is 221 Å². The third-order valence-electron chi connectivity index (χ3n) is 6.25. The van der Waals surface area contributed by atoms with Gasteiger partial charge in [-0.2, -0.15) is 0 Å². The standard InChI is InChI=1S/C30H30N2O6/c1-5-16-38-24-15-10-20(17-18(24)2)28(34)26-27(23-8-6-7-9-25(23)37-4)32(30(36)29(26)35)22-13-11-21(12-14-22)31-19(3)33/h6-15,17,27,34H,5,16H2,1-4H3,(H,31,33)/b28-26+. The second-order valence-corrected chi connectivity index (χ2v) is 8.97. The maximum Gasteiger partial charge on any atom is 0.300 e. The number of carbonyl (C=O) groups excluding carboxylic acids is 3. The predicted molar refractivity (Wildman–Crippen MR) is 145 cm³/mol. The molecule has 2 N–H and O–H groups in total. The molecule has 1 unspecified atom stereocenters. The number of Topliss-reactive ketones (excluding diaryl/α,β-unsaturated/α-hetero) is 1. The highest BCUT2D eigenvalue weighted by atomic mass is 16.5. The van der Waals surface area contributed by atoms with Crippen molar-refractivity contribution in [3.8, 4) is 11.5 Å². The van der Waals surface area contributed by atoms with Gasteiger partial charge in [-0.15, -0.1) is 0 Å². The number of aryl methyl sites for hydroxylation is 1. The van der Waals surface area contributed by atoms with Crippen LogP contribution in [0, 0.1) is 6.92 Å². The number of hydrogen-bond donors (Lipinski definition) is 2. The Morgan fingerprint density at radius 1 is 1.03 bits per heavy atom. The smallest absolute Gasteiger partial charge is 0.300 e. The van der Waals surface area contributed by atoms with Gasteiger partial charge < -0.3 is 19.9 Å². The van der Waals surface area contributed by atoms with E-state index in [0.29, 0.717) is 40.6 Å². The van der Waals surface area contributed by atoms with Gasteiger partial charge in [0.2, 0.25) is 5.91 Å². The van der Waals surface area contributed by atoms with Crippen LogP contribution in [0.2, 0.25) is 0 Å². The van der Waals surface area contributed by atoms with Crippen LogP contribution in [0.1, 0.15) is 43.0 Å². The molecule has 0 bridgehead atoms. The molecule has 3 aromatic rings. The molecule has 3 aromatic carbocycles. The predicted octanol–water partition coefficient (Wildman–Crippen LogP) is 5.38. The van der Waals surface area contributed by atoms with Gasteiger partial charge >= 0.3 is 0 Å². The van der Waals surface area contributed by atoms with Gasteiger partial charge in [0, 0.05) is 29.4 Å². The number of para-hydroxylation sites is 1. The summed E-state index contributed by atoms with van der Waals surface area (Å²) in [5, 5.41) is 14.1. The van der Waals surface area contributed by atoms with E-state index in [2.05, 4.69) is 5.32 Å². The highest BCUT2D eigenvalue weighted by Crippen LogP contribution is 2.45. The van der Waals surface area contributed by atoms with Gasteiger partial charge in [-0.3, -0.25) is 19.3 Å². The number of ketones is 1. The molecule has 38 heavy (non-hydrogen) atoms. The van der Waals surface area contributed by atoms with Crippen LogP contribution in [0.25, 0.3) is 5.76 Å². The summed E-state index contributed by atoms with van der Waals surface area (Å²) in [6, 6.07) is 17.8. The van der Waals surface area contributed by atoms with Gasteiger partial charge in [-0.05, 0) is 67.4 Å². The minimum Gasteiger partial charge on any atom is -0.507 e. The highest BCUT2D eigenvalue weighted by Gasteiger charge is 2.48. The molecular formula is C30H30N2O6. The highest BCUT2D eigenvalue weighted by molar-refractivity contribution is 6.51. The molecule has 1 atom stereocenters. The van der Waals surface area contributed by atoms with E-state index in [1.54, 1.807) is 66.7 Å². The van der Waals surface area contributed by atoms with Crippen LogP contribution in [-0.4, -0.2) is 36.4 Å². The normalized spacial score (nSPS) is 16.4. The van der Waals surface area contributed by atoms with Gasteiger partial charge in [-0.25, -0.2) is 0 Å². The summed E-state index contributed by atoms with van der Waals surface area (Å²) >= 11 is 0. The van der Waals surface area contributed by atoms with Crippen molar-refractivity contribution in [2.75, 3.05) is 23.9 Å². The molecule has 1 aliphatic heterocycles. The molecule has 0 saturated carbocycles. The number of amides is 2. The number of hydrogen-bond acceptors (Lipinski definition) is 6. The summed E-state index contributed by atoms with van der Waals surface area (Å²) in [4.78, 5) is 39.7. The SMILES string of the molecule is CCCOc1ccc(/C(O)=C2\C(=O)C(=O)N(c3ccc(NC(C)=O)cc3)C2c2ccccc2OC)cc1C. The Kier molecular flexibility index (Phi) is 7.81. The van der Waals surface area contributed by atoms with Gasteiger partial charge in [-0.1, -0.05) is 25.1 Å². The fourth-order valence-corrected chi connectivity index (χ4v) is 4.52. The molecule has 8 nitrogen and oxygen atoms in total. The van der Waals surface area contributed by atoms with Crippen molar-refractivity contribution in [3.63, 3.8) is 0 Å². The average Bonchev–Trinajstić information content (AvgIpc) is 3.17. The summed E-state index contributed by atoms with van der Waals surface area (Å²) in [6.07, 6.45) is 0.856. The molecule has 0 aliphatic carbocycles. The number of aliphatic hydroxyl groups is 1. The molecule has 0 radical (unpaired) electrons. The molecule has 2 amide bonds. The quantitative estimate of drug-likeness (QED) is 0.238. The number of methoxy groups -OCH3 is 1. The first kappa shape index (κ1) is 26.5. The van der Waals surface area contributed by atoms with E-state index in [-0.39, 0.29) is 17.2 Å². The van der Waals surface area contributed by atoms with Crippen LogP contribution >= 0.6 is 0 Å². The first-order valence-electron chi connectivity index (χ1n) is 12.3. The zero-order chi connectivity index (χ0) is 27.4. The number of anilines is 2. The Bertz CT molecular complexity index is 1410. The lowest BCUT2D eigenvalue weighted by Gasteiger charge is -2.27. The molecule has 4 rings (SSSR count). The lowest BCUT2D eigenvalue weighted by Crippen LogP contribution is -2.29. The Morgan fingerprint density at radius 3 is 2.37 bits per heavy atom. The summed E-state index contributed by atoms with van der Waals surface area (Å²) in [5.41, 5.74) is 2.65. The Hall–Kier alpha value is -4.59. The second kappa shape index (κ2) is 11.2. The molecular weight excluding hydrogens is 484 g/mol. The third-order valence-corrected chi connectivity index (χ3v) is 6.25. The molecule has 1 aliphatic rings. The number of nitrogens with zero attached hydrogens (tertiary/aromatic N) is 1. The first-order chi connectivity index (χ1) is 18.3. The van der Waals surface area contributed by atoms with Crippen LogP contribution < -0.4 is 19.7 Å². The number of aliphatic hydroxyl groups excluding tert-OH is 1. The lowest BCUT2D eigenvalue weighted by atomic mass is 9.94. The van der Waals surface area contributed by atoms with Crippen LogP contribution in [0.5, 0.6) is 11.5 Å². The zero-order valence-corrected chi connectivity index (χ0v) is 21.8. The molecule has 196 valence electrons. The van der Waals surface area contributed by atoms with Crippen molar-refractivity contribution >= 4 is 34.7 Å². The van der Waals surface area contributed by atoms with Crippen LogP contribution in [0.3, 0.4) is 0 Å².